The standard InChI is InChI=1S/C12H7ClF5N3/c1-5-2-3-6(14)10(9(5)15)20-8-4-7(12(16,17)18)19-11(13)21-8/h2-4H,1H3,(H,19,20,21). The van der Waals surface area contributed by atoms with Gasteiger partial charge in [0.2, 0.25) is 5.28 Å². The highest BCUT2D eigenvalue weighted by atomic mass is 35.5. The second-order valence-corrected chi connectivity index (χ2v) is 4.42. The number of aryl methyl sites for hydroxylation is 1. The molecule has 0 fully saturated rings. The van der Waals surface area contributed by atoms with Gasteiger partial charge in [-0.25, -0.2) is 18.7 Å². The number of nitrogens with one attached hydrogen (secondary N) is 1. The lowest BCUT2D eigenvalue weighted by Crippen LogP contribution is -2.10. The molecule has 0 bridgehead atoms. The summed E-state index contributed by atoms with van der Waals surface area (Å²) in [6.45, 7) is 1.38. The van der Waals surface area contributed by atoms with Crippen molar-refractivity contribution >= 4 is 23.1 Å². The maximum absolute atomic E-state index is 13.8. The van der Waals surface area contributed by atoms with E-state index in [9.17, 15) is 22.0 Å². The van der Waals surface area contributed by atoms with Gasteiger partial charge in [-0.05, 0) is 30.2 Å². The third-order valence-corrected chi connectivity index (χ3v) is 2.70. The number of hydrogen-bond acceptors (Lipinski definition) is 3. The number of aromatic nitrogens is 2. The Bertz CT molecular complexity index is 687. The summed E-state index contributed by atoms with van der Waals surface area (Å²) in [5, 5.41) is 1.46. The molecule has 0 saturated heterocycles. The molecule has 1 heterocycles. The van der Waals surface area contributed by atoms with Crippen LogP contribution in [0.1, 0.15) is 11.3 Å². The van der Waals surface area contributed by atoms with Crippen LogP contribution in [0, 0.1) is 18.6 Å². The molecule has 0 aliphatic rings. The molecule has 2 rings (SSSR count). The molecule has 3 nitrogen and oxygen atoms in total. The van der Waals surface area contributed by atoms with E-state index < -0.39 is 40.3 Å². The quantitative estimate of drug-likeness (QED) is 0.654. The van der Waals surface area contributed by atoms with Crippen molar-refractivity contribution < 1.29 is 22.0 Å². The maximum atomic E-state index is 13.8. The number of anilines is 2. The molecular formula is C12H7ClF5N3. The first-order chi connectivity index (χ1) is 9.68. The fourth-order valence-electron chi connectivity index (χ4n) is 1.53. The lowest BCUT2D eigenvalue weighted by molar-refractivity contribution is -0.141. The SMILES string of the molecule is Cc1ccc(F)c(Nc2cc(C(F)(F)F)nc(Cl)n2)c1F. The highest BCUT2D eigenvalue weighted by molar-refractivity contribution is 6.28. The minimum Gasteiger partial charge on any atom is -0.335 e. The van der Waals surface area contributed by atoms with Crippen LogP contribution in [0.5, 0.6) is 0 Å². The summed E-state index contributed by atoms with van der Waals surface area (Å²) >= 11 is 5.38. The topological polar surface area (TPSA) is 37.8 Å². The van der Waals surface area contributed by atoms with Crippen molar-refractivity contribution in [1.82, 2.24) is 9.97 Å². The van der Waals surface area contributed by atoms with E-state index in [1.54, 1.807) is 0 Å². The van der Waals surface area contributed by atoms with E-state index in [2.05, 4.69) is 15.3 Å². The molecule has 0 aliphatic heterocycles. The fraction of sp³-hybridized carbons (Fsp3) is 0.167. The molecule has 1 aromatic heterocycles. The average molecular weight is 324 g/mol. The van der Waals surface area contributed by atoms with Gasteiger partial charge in [-0.1, -0.05) is 6.07 Å². The van der Waals surface area contributed by atoms with Gasteiger partial charge in [-0.2, -0.15) is 13.2 Å². The van der Waals surface area contributed by atoms with E-state index in [1.165, 1.54) is 13.0 Å². The predicted octanol–water partition coefficient (Wildman–Crippen LogP) is 4.48. The first kappa shape index (κ1) is 15.4. The Morgan fingerprint density at radius 2 is 1.81 bits per heavy atom. The molecule has 1 N–H and O–H groups in total. The Morgan fingerprint density at radius 3 is 2.43 bits per heavy atom. The van der Waals surface area contributed by atoms with Crippen LogP contribution in [0.4, 0.5) is 33.5 Å². The van der Waals surface area contributed by atoms with Crippen LogP contribution in [0.25, 0.3) is 0 Å². The zero-order valence-corrected chi connectivity index (χ0v) is 11.2. The van der Waals surface area contributed by atoms with Crippen molar-refractivity contribution in [2.75, 3.05) is 5.32 Å². The minimum atomic E-state index is -4.76. The van der Waals surface area contributed by atoms with Crippen LogP contribution in [0.15, 0.2) is 18.2 Å². The van der Waals surface area contributed by atoms with Crippen LogP contribution in [0.2, 0.25) is 5.28 Å². The number of alkyl halides is 3. The summed E-state index contributed by atoms with van der Waals surface area (Å²) in [6.07, 6.45) is -4.76. The van der Waals surface area contributed by atoms with Crippen LogP contribution >= 0.6 is 11.6 Å². The number of hydrogen-bond donors (Lipinski definition) is 1. The normalized spacial score (nSPS) is 11.6. The minimum absolute atomic E-state index is 0.120. The van der Waals surface area contributed by atoms with Crippen LogP contribution in [0.3, 0.4) is 0 Å². The molecule has 0 saturated carbocycles. The summed E-state index contributed by atoms with van der Waals surface area (Å²) in [6, 6.07) is 2.69. The summed E-state index contributed by atoms with van der Waals surface area (Å²) in [5.74, 6) is -2.37. The number of nitrogens with zero attached hydrogens (tertiary/aromatic N) is 2. The molecular weight excluding hydrogens is 317 g/mol. The molecule has 9 heteroatoms. The van der Waals surface area contributed by atoms with E-state index >= 15 is 0 Å². The van der Waals surface area contributed by atoms with E-state index in [0.717, 1.165) is 6.07 Å². The Morgan fingerprint density at radius 1 is 1.14 bits per heavy atom. The Hall–Kier alpha value is -1.96. The summed E-state index contributed by atoms with van der Waals surface area (Å²) in [5.41, 5.74) is -1.81. The molecule has 0 atom stereocenters. The van der Waals surface area contributed by atoms with Crippen LogP contribution in [-0.4, -0.2) is 9.97 Å². The van der Waals surface area contributed by atoms with E-state index in [-0.39, 0.29) is 5.56 Å². The third kappa shape index (κ3) is 3.38. The Kier molecular flexibility index (Phi) is 3.99. The average Bonchev–Trinajstić information content (AvgIpc) is 2.38. The largest absolute Gasteiger partial charge is 0.433 e. The highest BCUT2D eigenvalue weighted by Crippen LogP contribution is 2.31. The molecule has 21 heavy (non-hydrogen) atoms. The molecule has 0 amide bonds. The second-order valence-electron chi connectivity index (χ2n) is 4.08. The molecule has 1 aromatic carbocycles. The van der Waals surface area contributed by atoms with Crippen LogP contribution in [-0.2, 0) is 6.18 Å². The van der Waals surface area contributed by atoms with Crippen molar-refractivity contribution in [1.29, 1.82) is 0 Å². The smallest absolute Gasteiger partial charge is 0.335 e. The van der Waals surface area contributed by atoms with Crippen molar-refractivity contribution in [3.05, 3.63) is 46.4 Å². The van der Waals surface area contributed by atoms with Gasteiger partial charge < -0.3 is 5.32 Å². The third-order valence-electron chi connectivity index (χ3n) is 2.53. The molecule has 2 aromatic rings. The van der Waals surface area contributed by atoms with Crippen molar-refractivity contribution in [3.8, 4) is 0 Å². The summed E-state index contributed by atoms with van der Waals surface area (Å²) in [7, 11) is 0. The van der Waals surface area contributed by atoms with Crippen molar-refractivity contribution in [2.24, 2.45) is 0 Å². The van der Waals surface area contributed by atoms with E-state index in [0.29, 0.717) is 6.07 Å². The van der Waals surface area contributed by atoms with E-state index in [4.69, 9.17) is 11.6 Å². The fourth-order valence-corrected chi connectivity index (χ4v) is 1.71. The molecule has 0 spiro atoms. The zero-order valence-electron chi connectivity index (χ0n) is 10.4. The Labute approximate surface area is 120 Å². The van der Waals surface area contributed by atoms with Crippen molar-refractivity contribution in [2.45, 2.75) is 13.1 Å². The van der Waals surface area contributed by atoms with Gasteiger partial charge >= 0.3 is 6.18 Å². The Balaban J connectivity index is 2.46. The molecule has 0 aliphatic carbocycles. The van der Waals surface area contributed by atoms with Gasteiger partial charge in [0.05, 0.1) is 0 Å². The first-order valence-electron chi connectivity index (χ1n) is 5.52. The monoisotopic (exact) mass is 323 g/mol. The van der Waals surface area contributed by atoms with E-state index in [1.807, 2.05) is 0 Å². The number of rotatable bonds is 2. The zero-order chi connectivity index (χ0) is 15.8. The van der Waals surface area contributed by atoms with Gasteiger partial charge in [0, 0.05) is 6.07 Å². The van der Waals surface area contributed by atoms with Gasteiger partial charge in [0.15, 0.2) is 11.5 Å². The summed E-state index contributed by atoms with van der Waals surface area (Å²) < 4.78 is 65.1. The summed E-state index contributed by atoms with van der Waals surface area (Å²) in [4.78, 5) is 6.48. The lowest BCUT2D eigenvalue weighted by Gasteiger charge is -2.12. The second kappa shape index (κ2) is 5.44. The van der Waals surface area contributed by atoms with Gasteiger partial charge in [0.1, 0.15) is 17.3 Å². The number of halogens is 6. The number of benzene rings is 1. The molecule has 112 valence electrons. The lowest BCUT2D eigenvalue weighted by atomic mass is 10.2. The van der Waals surface area contributed by atoms with Gasteiger partial charge in [-0.3, -0.25) is 0 Å². The van der Waals surface area contributed by atoms with Crippen LogP contribution < -0.4 is 5.32 Å². The maximum Gasteiger partial charge on any atom is 0.433 e. The van der Waals surface area contributed by atoms with Crippen molar-refractivity contribution in [3.63, 3.8) is 0 Å². The first-order valence-corrected chi connectivity index (χ1v) is 5.89. The predicted molar refractivity (Wildman–Crippen MR) is 66.4 cm³/mol. The highest BCUT2D eigenvalue weighted by Gasteiger charge is 2.33. The molecule has 0 unspecified atom stereocenters. The molecule has 0 radical (unpaired) electrons. The van der Waals surface area contributed by atoms with Gasteiger partial charge in [-0.15, -0.1) is 0 Å². The van der Waals surface area contributed by atoms with Gasteiger partial charge in [0.25, 0.3) is 0 Å².